The number of para-hydroxylation sites is 1. The monoisotopic (exact) mass is 258 g/mol. The highest BCUT2D eigenvalue weighted by Gasteiger charge is 2.04. The van der Waals surface area contributed by atoms with E-state index in [1.165, 1.54) is 0 Å². The van der Waals surface area contributed by atoms with Crippen molar-refractivity contribution < 1.29 is 0 Å². The molecule has 1 atom stereocenters. The zero-order valence-electron chi connectivity index (χ0n) is 11.7. The lowest BCUT2D eigenvalue weighted by molar-refractivity contribution is 0.471. The first-order valence-corrected chi connectivity index (χ1v) is 7.01. The summed E-state index contributed by atoms with van der Waals surface area (Å²) in [5.74, 6) is 0. The molecule has 1 heterocycles. The number of nitrogens with one attached hydrogen (secondary N) is 1. The minimum absolute atomic E-state index is 0.105. The van der Waals surface area contributed by atoms with Crippen LogP contribution in [-0.4, -0.2) is 17.7 Å². The fourth-order valence-electron chi connectivity index (χ4n) is 2.52. The maximum absolute atomic E-state index is 11.8. The van der Waals surface area contributed by atoms with Crippen molar-refractivity contribution in [2.45, 2.75) is 38.8 Å². The van der Waals surface area contributed by atoms with Crippen LogP contribution in [0.2, 0.25) is 0 Å². The van der Waals surface area contributed by atoms with Crippen LogP contribution in [0, 0.1) is 0 Å². The molecule has 0 aliphatic rings. The lowest BCUT2D eigenvalue weighted by Crippen LogP contribution is -2.24. The molecule has 3 heteroatoms. The molecule has 3 nitrogen and oxygen atoms in total. The first kappa shape index (κ1) is 13.8. The Kier molecular flexibility index (Phi) is 4.74. The second-order valence-electron chi connectivity index (χ2n) is 4.93. The summed E-state index contributed by atoms with van der Waals surface area (Å²) in [6.07, 6.45) is 5.34. The Morgan fingerprint density at radius 3 is 2.79 bits per heavy atom. The van der Waals surface area contributed by atoms with Gasteiger partial charge in [0.15, 0.2) is 5.43 Å². The summed E-state index contributed by atoms with van der Waals surface area (Å²) in [7, 11) is 2.02. The first-order valence-electron chi connectivity index (χ1n) is 7.01. The molecule has 0 aliphatic heterocycles. The van der Waals surface area contributed by atoms with Crippen molar-refractivity contribution in [2.75, 3.05) is 7.05 Å². The largest absolute Gasteiger partial charge is 0.347 e. The first-order chi connectivity index (χ1) is 9.26. The SMILES string of the molecule is CCC(CCCn1ccc(=O)c2ccccc21)NC. The number of hydrogen-bond acceptors (Lipinski definition) is 2. The molecule has 2 rings (SSSR count). The number of nitrogens with zero attached hydrogens (tertiary/aromatic N) is 1. The predicted molar refractivity (Wildman–Crippen MR) is 80.6 cm³/mol. The minimum atomic E-state index is 0.105. The molecule has 0 fully saturated rings. The van der Waals surface area contributed by atoms with Crippen LogP contribution in [0.3, 0.4) is 0 Å². The van der Waals surface area contributed by atoms with Crippen LogP contribution in [-0.2, 0) is 6.54 Å². The Bertz CT molecular complexity index is 585. The highest BCUT2D eigenvalue weighted by atomic mass is 16.1. The van der Waals surface area contributed by atoms with E-state index in [0.29, 0.717) is 6.04 Å². The van der Waals surface area contributed by atoms with E-state index in [4.69, 9.17) is 0 Å². The van der Waals surface area contributed by atoms with E-state index < -0.39 is 0 Å². The van der Waals surface area contributed by atoms with Gasteiger partial charge < -0.3 is 9.88 Å². The van der Waals surface area contributed by atoms with Gasteiger partial charge in [-0.3, -0.25) is 4.79 Å². The van der Waals surface area contributed by atoms with Crippen LogP contribution in [0.5, 0.6) is 0 Å². The molecule has 0 bridgehead atoms. The summed E-state index contributed by atoms with van der Waals surface area (Å²) in [6.45, 7) is 3.16. The number of pyridine rings is 1. The molecule has 19 heavy (non-hydrogen) atoms. The molecular weight excluding hydrogens is 236 g/mol. The van der Waals surface area contributed by atoms with E-state index in [0.717, 1.165) is 36.7 Å². The molecule has 2 aromatic rings. The van der Waals surface area contributed by atoms with Crippen molar-refractivity contribution in [3.8, 4) is 0 Å². The number of benzene rings is 1. The molecule has 0 amide bonds. The summed E-state index contributed by atoms with van der Waals surface area (Å²) in [6, 6.07) is 10.1. The van der Waals surface area contributed by atoms with Crippen molar-refractivity contribution >= 4 is 10.9 Å². The molecule has 1 aromatic carbocycles. The van der Waals surface area contributed by atoms with Crippen molar-refractivity contribution in [1.29, 1.82) is 0 Å². The third-order valence-electron chi connectivity index (χ3n) is 3.74. The topological polar surface area (TPSA) is 34.0 Å². The Morgan fingerprint density at radius 1 is 1.26 bits per heavy atom. The smallest absolute Gasteiger partial charge is 0.189 e. The summed E-state index contributed by atoms with van der Waals surface area (Å²) < 4.78 is 2.18. The average Bonchev–Trinajstić information content (AvgIpc) is 2.46. The van der Waals surface area contributed by atoms with Gasteiger partial charge in [0.05, 0.1) is 5.52 Å². The van der Waals surface area contributed by atoms with E-state index in [1.54, 1.807) is 6.07 Å². The van der Waals surface area contributed by atoms with Crippen LogP contribution < -0.4 is 10.7 Å². The molecule has 102 valence electrons. The molecular formula is C16H22N2O. The molecule has 1 unspecified atom stereocenters. The van der Waals surface area contributed by atoms with Crippen molar-refractivity contribution in [3.63, 3.8) is 0 Å². The minimum Gasteiger partial charge on any atom is -0.347 e. The van der Waals surface area contributed by atoms with Gasteiger partial charge in [0.1, 0.15) is 0 Å². The molecule has 0 saturated carbocycles. The standard InChI is InChI=1S/C16H22N2O/c1-3-13(17-2)7-6-11-18-12-10-16(19)14-8-4-5-9-15(14)18/h4-5,8-10,12-13,17H,3,6-7,11H2,1-2H3. The fraction of sp³-hybridized carbons (Fsp3) is 0.438. The van der Waals surface area contributed by atoms with Crippen molar-refractivity contribution in [3.05, 3.63) is 46.8 Å². The van der Waals surface area contributed by atoms with Gasteiger partial charge in [0.25, 0.3) is 0 Å². The maximum Gasteiger partial charge on any atom is 0.189 e. The predicted octanol–water partition coefficient (Wildman–Crippen LogP) is 2.78. The normalized spacial score (nSPS) is 12.7. The summed E-state index contributed by atoms with van der Waals surface area (Å²) in [5, 5.41) is 4.14. The van der Waals surface area contributed by atoms with Crippen LogP contribution in [0.15, 0.2) is 41.3 Å². The third kappa shape index (κ3) is 3.24. The van der Waals surface area contributed by atoms with Crippen molar-refractivity contribution in [1.82, 2.24) is 9.88 Å². The second-order valence-corrected chi connectivity index (χ2v) is 4.93. The Labute approximate surface area is 114 Å². The van der Waals surface area contributed by atoms with Gasteiger partial charge in [0, 0.05) is 30.2 Å². The molecule has 0 aliphatic carbocycles. The molecule has 0 spiro atoms. The molecule has 0 radical (unpaired) electrons. The summed E-state index contributed by atoms with van der Waals surface area (Å²) in [5.41, 5.74) is 1.14. The number of aromatic nitrogens is 1. The van der Waals surface area contributed by atoms with Gasteiger partial charge in [-0.2, -0.15) is 0 Å². The number of rotatable bonds is 6. The zero-order chi connectivity index (χ0) is 13.7. The fourth-order valence-corrected chi connectivity index (χ4v) is 2.52. The lowest BCUT2D eigenvalue weighted by atomic mass is 10.1. The lowest BCUT2D eigenvalue weighted by Gasteiger charge is -2.15. The molecule has 1 aromatic heterocycles. The Balaban J connectivity index is 2.13. The molecule has 0 saturated heterocycles. The number of fused-ring (bicyclic) bond motifs is 1. The summed E-state index contributed by atoms with van der Waals surface area (Å²) >= 11 is 0. The van der Waals surface area contributed by atoms with Gasteiger partial charge in [-0.15, -0.1) is 0 Å². The quantitative estimate of drug-likeness (QED) is 0.864. The zero-order valence-corrected chi connectivity index (χ0v) is 11.7. The second kappa shape index (κ2) is 6.53. The van der Waals surface area contributed by atoms with E-state index in [9.17, 15) is 4.79 Å². The van der Waals surface area contributed by atoms with Gasteiger partial charge in [-0.25, -0.2) is 0 Å². The highest BCUT2D eigenvalue weighted by molar-refractivity contribution is 5.78. The third-order valence-corrected chi connectivity index (χ3v) is 3.74. The van der Waals surface area contributed by atoms with E-state index in [-0.39, 0.29) is 5.43 Å². The van der Waals surface area contributed by atoms with Crippen molar-refractivity contribution in [2.24, 2.45) is 0 Å². The highest BCUT2D eigenvalue weighted by Crippen LogP contribution is 2.11. The van der Waals surface area contributed by atoms with Gasteiger partial charge in [0.2, 0.25) is 0 Å². The maximum atomic E-state index is 11.8. The van der Waals surface area contributed by atoms with Gasteiger partial charge >= 0.3 is 0 Å². The molecule has 1 N–H and O–H groups in total. The Morgan fingerprint density at radius 2 is 2.05 bits per heavy atom. The van der Waals surface area contributed by atoms with E-state index in [1.807, 2.05) is 37.5 Å². The van der Waals surface area contributed by atoms with E-state index in [2.05, 4.69) is 16.8 Å². The van der Waals surface area contributed by atoms with Crippen LogP contribution in [0.4, 0.5) is 0 Å². The number of hydrogen-bond donors (Lipinski definition) is 1. The summed E-state index contributed by atoms with van der Waals surface area (Å²) in [4.78, 5) is 11.8. The van der Waals surface area contributed by atoms with Crippen LogP contribution >= 0.6 is 0 Å². The number of aryl methyl sites for hydroxylation is 1. The average molecular weight is 258 g/mol. The van der Waals surface area contributed by atoms with Crippen LogP contribution in [0.1, 0.15) is 26.2 Å². The van der Waals surface area contributed by atoms with E-state index >= 15 is 0 Å². The van der Waals surface area contributed by atoms with Crippen LogP contribution in [0.25, 0.3) is 10.9 Å². The van der Waals surface area contributed by atoms with Gasteiger partial charge in [-0.1, -0.05) is 19.1 Å². The van der Waals surface area contributed by atoms with Gasteiger partial charge in [-0.05, 0) is 38.4 Å². The Hall–Kier alpha value is -1.61.